The van der Waals surface area contributed by atoms with Gasteiger partial charge in [0.05, 0.1) is 5.92 Å². The van der Waals surface area contributed by atoms with E-state index in [0.29, 0.717) is 6.54 Å². The Morgan fingerprint density at radius 1 is 0.906 bits per heavy atom. The third-order valence-electron chi connectivity index (χ3n) is 6.97. The Morgan fingerprint density at radius 3 is 2.31 bits per heavy atom. The van der Waals surface area contributed by atoms with Crippen molar-refractivity contribution in [2.24, 2.45) is 11.8 Å². The van der Waals surface area contributed by atoms with Crippen molar-refractivity contribution in [3.63, 3.8) is 0 Å². The van der Waals surface area contributed by atoms with E-state index in [1.165, 1.54) is 48.2 Å². The lowest BCUT2D eigenvalue weighted by atomic mass is 9.96. The Bertz CT molecular complexity index is 896. The lowest BCUT2D eigenvalue weighted by Crippen LogP contribution is -2.42. The molecule has 32 heavy (non-hydrogen) atoms. The molecule has 4 heteroatoms. The molecule has 2 heterocycles. The summed E-state index contributed by atoms with van der Waals surface area (Å²) in [6.45, 7) is 11.4. The molecule has 2 saturated heterocycles. The Kier molecular flexibility index (Phi) is 7.99. The van der Waals surface area contributed by atoms with Gasteiger partial charge >= 0.3 is 0 Å². The van der Waals surface area contributed by atoms with Crippen LogP contribution in [-0.2, 0) is 24.4 Å². The number of hydrogen-bond donors (Lipinski definition) is 1. The first kappa shape index (κ1) is 23.0. The number of hydrogen-bond acceptors (Lipinski definition) is 3. The van der Waals surface area contributed by atoms with Gasteiger partial charge in [-0.05, 0) is 68.3 Å². The number of likely N-dealkylation sites (tertiary alicyclic amines) is 2. The van der Waals surface area contributed by atoms with E-state index in [4.69, 9.17) is 0 Å². The fourth-order valence-corrected chi connectivity index (χ4v) is 5.34. The van der Waals surface area contributed by atoms with Crippen LogP contribution in [0.15, 0.2) is 48.5 Å². The minimum absolute atomic E-state index is 0.0894. The second-order valence-electron chi connectivity index (χ2n) is 10.1. The molecule has 2 unspecified atom stereocenters. The van der Waals surface area contributed by atoms with Crippen LogP contribution < -0.4 is 5.32 Å². The van der Waals surface area contributed by atoms with Gasteiger partial charge in [0.15, 0.2) is 0 Å². The average molecular weight is 434 g/mol. The maximum Gasteiger partial charge on any atom is 0.224 e. The molecule has 2 aromatic rings. The molecule has 1 N–H and O–H groups in total. The van der Waals surface area contributed by atoms with Crippen LogP contribution in [0.5, 0.6) is 0 Å². The predicted octanol–water partition coefficient (Wildman–Crippen LogP) is 4.76. The van der Waals surface area contributed by atoms with Gasteiger partial charge in [-0.25, -0.2) is 0 Å². The van der Waals surface area contributed by atoms with Gasteiger partial charge in [-0.15, -0.1) is 0 Å². The van der Waals surface area contributed by atoms with Crippen molar-refractivity contribution in [2.75, 3.05) is 26.2 Å². The summed E-state index contributed by atoms with van der Waals surface area (Å²) in [6, 6.07) is 17.5. The first-order valence-electron chi connectivity index (χ1n) is 12.4. The monoisotopic (exact) mass is 433 g/mol. The summed E-state index contributed by atoms with van der Waals surface area (Å²) in [7, 11) is 0. The van der Waals surface area contributed by atoms with E-state index in [1.807, 2.05) is 0 Å². The molecule has 2 atom stereocenters. The van der Waals surface area contributed by atoms with Gasteiger partial charge in [-0.3, -0.25) is 14.6 Å². The molecule has 0 spiro atoms. The second kappa shape index (κ2) is 11.1. The molecule has 2 aliphatic heterocycles. The van der Waals surface area contributed by atoms with Gasteiger partial charge < -0.3 is 5.32 Å². The van der Waals surface area contributed by atoms with E-state index in [0.717, 1.165) is 44.9 Å². The molecule has 2 aromatic carbocycles. The van der Waals surface area contributed by atoms with Crippen LogP contribution in [0.1, 0.15) is 54.9 Å². The highest BCUT2D eigenvalue weighted by atomic mass is 16.1. The Labute approximate surface area is 194 Å². The van der Waals surface area contributed by atoms with Gasteiger partial charge in [-0.2, -0.15) is 0 Å². The number of nitrogens with one attached hydrogen (secondary N) is 1. The number of carbonyl (C=O) groups is 1. The summed E-state index contributed by atoms with van der Waals surface area (Å²) < 4.78 is 0. The number of rotatable bonds is 7. The number of piperidine rings is 2. The summed E-state index contributed by atoms with van der Waals surface area (Å²) in [6.07, 6.45) is 4.74. The molecule has 4 nitrogen and oxygen atoms in total. The summed E-state index contributed by atoms with van der Waals surface area (Å²) in [5.74, 6) is 1.09. The van der Waals surface area contributed by atoms with Crippen LogP contribution >= 0.6 is 0 Å². The highest BCUT2D eigenvalue weighted by Crippen LogP contribution is 2.20. The zero-order valence-corrected chi connectivity index (χ0v) is 19.9. The molecule has 4 rings (SSSR count). The van der Waals surface area contributed by atoms with E-state index in [-0.39, 0.29) is 11.8 Å². The lowest BCUT2D eigenvalue weighted by molar-refractivity contribution is -0.126. The molecule has 2 fully saturated rings. The minimum Gasteiger partial charge on any atom is -0.352 e. The van der Waals surface area contributed by atoms with Crippen molar-refractivity contribution in [3.8, 4) is 0 Å². The highest BCUT2D eigenvalue weighted by molar-refractivity contribution is 5.79. The molecule has 2 aliphatic rings. The molecule has 0 aromatic heterocycles. The van der Waals surface area contributed by atoms with Crippen molar-refractivity contribution in [2.45, 2.75) is 59.2 Å². The second-order valence-corrected chi connectivity index (χ2v) is 10.1. The van der Waals surface area contributed by atoms with Crippen molar-refractivity contribution < 1.29 is 4.79 Å². The molecular formula is C28H39N3O. The largest absolute Gasteiger partial charge is 0.352 e. The summed E-state index contributed by atoms with van der Waals surface area (Å²) >= 11 is 0. The van der Waals surface area contributed by atoms with Crippen molar-refractivity contribution in [3.05, 3.63) is 70.8 Å². The van der Waals surface area contributed by atoms with Crippen molar-refractivity contribution >= 4 is 5.91 Å². The number of amides is 1. The summed E-state index contributed by atoms with van der Waals surface area (Å²) in [4.78, 5) is 17.9. The number of aryl methyl sites for hydroxylation is 1. The molecule has 0 saturated carbocycles. The van der Waals surface area contributed by atoms with Crippen molar-refractivity contribution in [1.82, 2.24) is 15.1 Å². The van der Waals surface area contributed by atoms with Crippen LogP contribution in [0.3, 0.4) is 0 Å². The van der Waals surface area contributed by atoms with E-state index in [1.54, 1.807) is 0 Å². The average Bonchev–Trinajstić information content (AvgIpc) is 2.78. The van der Waals surface area contributed by atoms with E-state index in [2.05, 4.69) is 77.5 Å². The maximum atomic E-state index is 12.9. The topological polar surface area (TPSA) is 35.6 Å². The smallest absolute Gasteiger partial charge is 0.224 e. The van der Waals surface area contributed by atoms with Gasteiger partial charge in [0.25, 0.3) is 0 Å². The van der Waals surface area contributed by atoms with Gasteiger partial charge in [0.1, 0.15) is 0 Å². The van der Waals surface area contributed by atoms with Crippen LogP contribution in [-0.4, -0.2) is 41.9 Å². The lowest BCUT2D eigenvalue weighted by Gasteiger charge is -2.32. The molecule has 0 bridgehead atoms. The fourth-order valence-electron chi connectivity index (χ4n) is 5.34. The number of benzene rings is 2. The summed E-state index contributed by atoms with van der Waals surface area (Å²) in [5, 5.41) is 3.22. The molecule has 0 radical (unpaired) electrons. The van der Waals surface area contributed by atoms with E-state index >= 15 is 0 Å². The third-order valence-corrected chi connectivity index (χ3v) is 6.97. The SMILES string of the molecule is Cc1cccc(CN2CCCC(C(=O)NCc3cccc(CN4CCCC(C)C4)c3)C2)c1. The van der Waals surface area contributed by atoms with Gasteiger partial charge in [-0.1, -0.05) is 61.0 Å². The molecule has 1 amide bonds. The molecule has 0 aliphatic carbocycles. The summed E-state index contributed by atoms with van der Waals surface area (Å²) in [5.41, 5.74) is 5.19. The Morgan fingerprint density at radius 2 is 1.56 bits per heavy atom. The van der Waals surface area contributed by atoms with Gasteiger partial charge in [0.2, 0.25) is 5.91 Å². The zero-order valence-electron chi connectivity index (χ0n) is 19.9. The number of carbonyl (C=O) groups excluding carboxylic acids is 1. The predicted molar refractivity (Wildman–Crippen MR) is 131 cm³/mol. The first-order valence-corrected chi connectivity index (χ1v) is 12.4. The van der Waals surface area contributed by atoms with Crippen LogP contribution in [0.25, 0.3) is 0 Å². The van der Waals surface area contributed by atoms with Crippen LogP contribution in [0.2, 0.25) is 0 Å². The Hall–Kier alpha value is -2.17. The highest BCUT2D eigenvalue weighted by Gasteiger charge is 2.25. The van der Waals surface area contributed by atoms with Gasteiger partial charge in [0, 0.05) is 32.7 Å². The van der Waals surface area contributed by atoms with E-state index < -0.39 is 0 Å². The van der Waals surface area contributed by atoms with Crippen molar-refractivity contribution in [1.29, 1.82) is 0 Å². The first-order chi connectivity index (χ1) is 15.5. The van der Waals surface area contributed by atoms with E-state index in [9.17, 15) is 4.79 Å². The quantitative estimate of drug-likeness (QED) is 0.684. The zero-order chi connectivity index (χ0) is 22.3. The maximum absolute atomic E-state index is 12.9. The Balaban J connectivity index is 1.26. The fraction of sp³-hybridized carbons (Fsp3) is 0.536. The number of nitrogens with zero attached hydrogens (tertiary/aromatic N) is 2. The van der Waals surface area contributed by atoms with Crippen LogP contribution in [0, 0.1) is 18.8 Å². The molecule has 172 valence electrons. The normalized spacial score (nSPS) is 22.6. The third kappa shape index (κ3) is 6.66. The van der Waals surface area contributed by atoms with Crippen LogP contribution in [0.4, 0.5) is 0 Å². The standard InChI is InChI=1S/C28H39N3O/c1-22-7-3-10-25(15-22)19-31-14-6-12-27(21-31)28(32)29-17-24-9-4-11-26(16-24)20-30-13-5-8-23(2)18-30/h3-4,7,9-11,15-16,23,27H,5-6,8,12-14,17-21H2,1-2H3,(H,29,32). The minimum atomic E-state index is 0.0894. The molecular weight excluding hydrogens is 394 g/mol.